The first-order valence-electron chi connectivity index (χ1n) is 8.63. The van der Waals surface area contributed by atoms with Crippen LogP contribution in [0.5, 0.6) is 0 Å². The normalized spacial score (nSPS) is 12.5. The first kappa shape index (κ1) is 18.7. The number of ether oxygens (including phenoxy) is 1. The van der Waals surface area contributed by atoms with Crippen molar-refractivity contribution >= 4 is 5.97 Å². The number of carbonyl (C=O) groups excluding carboxylic acids is 1. The van der Waals surface area contributed by atoms with Gasteiger partial charge in [-0.1, -0.05) is 63.8 Å². The Bertz CT molecular complexity index is 463. The standard InChI is InChI=1S/C20H32O2/c1-15(2)9-7-6-8-12-22-20(21)18(5)14-19-11-10-16(3)13-17(19)4/h10-11,13,15,18H,6-9,12,14H2,1-5H3. The summed E-state index contributed by atoms with van der Waals surface area (Å²) in [6.07, 6.45) is 5.38. The molecule has 124 valence electrons. The third-order valence-corrected chi connectivity index (χ3v) is 4.10. The molecule has 1 unspecified atom stereocenters. The van der Waals surface area contributed by atoms with Crippen molar-refractivity contribution in [2.24, 2.45) is 11.8 Å². The van der Waals surface area contributed by atoms with E-state index in [-0.39, 0.29) is 11.9 Å². The molecule has 0 heterocycles. The molecule has 2 nitrogen and oxygen atoms in total. The average molecular weight is 304 g/mol. The molecule has 0 bridgehead atoms. The van der Waals surface area contributed by atoms with Crippen LogP contribution in [0.25, 0.3) is 0 Å². The Hall–Kier alpha value is -1.31. The maximum Gasteiger partial charge on any atom is 0.308 e. The molecule has 0 saturated carbocycles. The molecule has 0 aliphatic rings. The Balaban J connectivity index is 2.27. The number of unbranched alkanes of at least 4 members (excludes halogenated alkanes) is 2. The minimum absolute atomic E-state index is 0.0659. The quantitative estimate of drug-likeness (QED) is 0.460. The number of carbonyl (C=O) groups is 1. The van der Waals surface area contributed by atoms with Gasteiger partial charge in [0.1, 0.15) is 0 Å². The lowest BCUT2D eigenvalue weighted by Crippen LogP contribution is -2.18. The smallest absolute Gasteiger partial charge is 0.308 e. The minimum atomic E-state index is -0.0722. The van der Waals surface area contributed by atoms with Crippen molar-refractivity contribution in [1.29, 1.82) is 0 Å². The van der Waals surface area contributed by atoms with Gasteiger partial charge in [-0.3, -0.25) is 4.79 Å². The molecule has 22 heavy (non-hydrogen) atoms. The molecule has 0 radical (unpaired) electrons. The lowest BCUT2D eigenvalue weighted by Gasteiger charge is -2.13. The fraction of sp³-hybridized carbons (Fsp3) is 0.650. The van der Waals surface area contributed by atoms with Crippen LogP contribution in [0, 0.1) is 25.7 Å². The largest absolute Gasteiger partial charge is 0.465 e. The topological polar surface area (TPSA) is 26.3 Å². The summed E-state index contributed by atoms with van der Waals surface area (Å²) in [6, 6.07) is 6.40. The van der Waals surface area contributed by atoms with E-state index in [1.165, 1.54) is 29.5 Å². The van der Waals surface area contributed by atoms with E-state index < -0.39 is 0 Å². The summed E-state index contributed by atoms with van der Waals surface area (Å²) in [5, 5.41) is 0. The first-order chi connectivity index (χ1) is 10.4. The van der Waals surface area contributed by atoms with Crippen molar-refractivity contribution in [2.75, 3.05) is 6.61 Å². The molecular formula is C20H32O2. The van der Waals surface area contributed by atoms with Gasteiger partial charge >= 0.3 is 5.97 Å². The summed E-state index contributed by atoms with van der Waals surface area (Å²) < 4.78 is 5.41. The summed E-state index contributed by atoms with van der Waals surface area (Å²) in [4.78, 5) is 12.0. The molecular weight excluding hydrogens is 272 g/mol. The monoisotopic (exact) mass is 304 g/mol. The zero-order valence-corrected chi connectivity index (χ0v) is 14.9. The van der Waals surface area contributed by atoms with Gasteiger partial charge in [0, 0.05) is 0 Å². The molecule has 0 N–H and O–H groups in total. The molecule has 0 fully saturated rings. The lowest BCUT2D eigenvalue weighted by molar-refractivity contribution is -0.148. The Morgan fingerprint density at radius 2 is 1.82 bits per heavy atom. The van der Waals surface area contributed by atoms with E-state index in [9.17, 15) is 4.79 Å². The average Bonchev–Trinajstić information content (AvgIpc) is 2.45. The van der Waals surface area contributed by atoms with Crippen LogP contribution in [0.4, 0.5) is 0 Å². The van der Waals surface area contributed by atoms with E-state index in [1.54, 1.807) is 0 Å². The van der Waals surface area contributed by atoms with Crippen LogP contribution in [-0.2, 0) is 16.0 Å². The third-order valence-electron chi connectivity index (χ3n) is 4.10. The second kappa shape index (κ2) is 9.66. The molecule has 0 amide bonds. The van der Waals surface area contributed by atoms with Gasteiger partial charge in [-0.15, -0.1) is 0 Å². The molecule has 0 aliphatic heterocycles. The van der Waals surface area contributed by atoms with Crippen LogP contribution in [0.2, 0.25) is 0 Å². The van der Waals surface area contributed by atoms with Crippen molar-refractivity contribution in [3.8, 4) is 0 Å². The van der Waals surface area contributed by atoms with Crippen LogP contribution in [0.1, 0.15) is 63.1 Å². The second-order valence-corrected chi connectivity index (χ2v) is 6.95. The molecule has 0 aromatic heterocycles. The highest BCUT2D eigenvalue weighted by Crippen LogP contribution is 2.16. The molecule has 1 aromatic carbocycles. The zero-order chi connectivity index (χ0) is 16.5. The first-order valence-corrected chi connectivity index (χ1v) is 8.63. The summed E-state index contributed by atoms with van der Waals surface area (Å²) in [5.41, 5.74) is 3.76. The van der Waals surface area contributed by atoms with Gasteiger partial charge in [-0.05, 0) is 43.7 Å². The van der Waals surface area contributed by atoms with Crippen molar-refractivity contribution in [2.45, 2.75) is 66.7 Å². The summed E-state index contributed by atoms with van der Waals surface area (Å²) >= 11 is 0. The lowest BCUT2D eigenvalue weighted by atomic mass is 9.96. The van der Waals surface area contributed by atoms with E-state index in [0.29, 0.717) is 6.61 Å². The predicted molar refractivity (Wildman–Crippen MR) is 93.0 cm³/mol. The van der Waals surface area contributed by atoms with Gasteiger partial charge in [0.05, 0.1) is 12.5 Å². The number of esters is 1. The van der Waals surface area contributed by atoms with Crippen molar-refractivity contribution in [1.82, 2.24) is 0 Å². The van der Waals surface area contributed by atoms with Gasteiger partial charge in [0.25, 0.3) is 0 Å². The number of hydrogen-bond acceptors (Lipinski definition) is 2. The van der Waals surface area contributed by atoms with Gasteiger partial charge in [-0.2, -0.15) is 0 Å². The van der Waals surface area contributed by atoms with Crippen LogP contribution in [0.15, 0.2) is 18.2 Å². The van der Waals surface area contributed by atoms with E-state index in [2.05, 4.69) is 45.9 Å². The molecule has 0 aliphatic carbocycles. The van der Waals surface area contributed by atoms with Gasteiger partial charge in [0.2, 0.25) is 0 Å². The SMILES string of the molecule is Cc1ccc(CC(C)C(=O)OCCCCCC(C)C)c(C)c1. The molecule has 1 rings (SSSR count). The Morgan fingerprint density at radius 1 is 1.09 bits per heavy atom. The number of aryl methyl sites for hydroxylation is 2. The number of hydrogen-bond donors (Lipinski definition) is 0. The highest BCUT2D eigenvalue weighted by Gasteiger charge is 2.16. The van der Waals surface area contributed by atoms with E-state index in [0.717, 1.165) is 25.2 Å². The highest BCUT2D eigenvalue weighted by atomic mass is 16.5. The van der Waals surface area contributed by atoms with Crippen LogP contribution in [-0.4, -0.2) is 12.6 Å². The zero-order valence-electron chi connectivity index (χ0n) is 14.9. The van der Waals surface area contributed by atoms with Crippen molar-refractivity contribution in [3.05, 3.63) is 34.9 Å². The van der Waals surface area contributed by atoms with Crippen molar-refractivity contribution < 1.29 is 9.53 Å². The van der Waals surface area contributed by atoms with Gasteiger partial charge < -0.3 is 4.74 Å². The number of rotatable bonds is 9. The predicted octanol–water partition coefficient (Wildman–Crippen LogP) is 5.24. The maximum atomic E-state index is 12.0. The summed E-state index contributed by atoms with van der Waals surface area (Å²) in [7, 11) is 0. The van der Waals surface area contributed by atoms with Crippen molar-refractivity contribution in [3.63, 3.8) is 0 Å². The van der Waals surface area contributed by atoms with Gasteiger partial charge in [-0.25, -0.2) is 0 Å². The summed E-state index contributed by atoms with van der Waals surface area (Å²) in [6.45, 7) is 11.2. The van der Waals surface area contributed by atoms with E-state index >= 15 is 0 Å². The number of benzene rings is 1. The van der Waals surface area contributed by atoms with Crippen LogP contribution < -0.4 is 0 Å². The Labute approximate surface area is 136 Å². The fourth-order valence-electron chi connectivity index (χ4n) is 2.63. The highest BCUT2D eigenvalue weighted by molar-refractivity contribution is 5.72. The Morgan fingerprint density at radius 3 is 2.45 bits per heavy atom. The summed E-state index contributed by atoms with van der Waals surface area (Å²) in [5.74, 6) is 0.626. The van der Waals surface area contributed by atoms with Gasteiger partial charge in [0.15, 0.2) is 0 Å². The third kappa shape index (κ3) is 7.11. The van der Waals surface area contributed by atoms with Crippen LogP contribution >= 0.6 is 0 Å². The minimum Gasteiger partial charge on any atom is -0.465 e. The molecule has 1 aromatic rings. The van der Waals surface area contributed by atoms with Crippen LogP contribution in [0.3, 0.4) is 0 Å². The molecule has 0 saturated heterocycles. The second-order valence-electron chi connectivity index (χ2n) is 6.95. The fourth-order valence-corrected chi connectivity index (χ4v) is 2.63. The van der Waals surface area contributed by atoms with E-state index in [4.69, 9.17) is 4.74 Å². The maximum absolute atomic E-state index is 12.0. The molecule has 1 atom stereocenters. The molecule has 0 spiro atoms. The van der Waals surface area contributed by atoms with E-state index in [1.807, 2.05) is 6.92 Å². The molecule has 2 heteroatoms. The Kier molecular flexibility index (Phi) is 8.22.